The monoisotopic (exact) mass is 510 g/mol. The number of benzene rings is 2. The van der Waals surface area contributed by atoms with E-state index in [0.717, 1.165) is 18.1 Å². The van der Waals surface area contributed by atoms with Crippen LogP contribution in [0.5, 0.6) is 0 Å². The predicted octanol–water partition coefficient (Wildman–Crippen LogP) is 3.18. The van der Waals surface area contributed by atoms with Crippen molar-refractivity contribution in [2.75, 3.05) is 27.2 Å². The summed E-state index contributed by atoms with van der Waals surface area (Å²) in [6.07, 6.45) is 0. The van der Waals surface area contributed by atoms with Crippen molar-refractivity contribution in [1.82, 2.24) is 16.0 Å². The second-order valence-corrected chi connectivity index (χ2v) is 6.69. The van der Waals surface area contributed by atoms with E-state index in [-0.39, 0.29) is 29.9 Å². The van der Waals surface area contributed by atoms with E-state index in [4.69, 9.17) is 4.74 Å². The van der Waals surface area contributed by atoms with Crippen LogP contribution in [-0.4, -0.2) is 39.1 Å². The lowest BCUT2D eigenvalue weighted by molar-refractivity contribution is 0.0931. The molecule has 0 bridgehead atoms. The van der Waals surface area contributed by atoms with E-state index >= 15 is 0 Å². The van der Waals surface area contributed by atoms with Gasteiger partial charge in [0.2, 0.25) is 0 Å². The maximum absolute atomic E-state index is 11.7. The molecule has 7 heteroatoms. The van der Waals surface area contributed by atoms with Gasteiger partial charge in [-0.2, -0.15) is 0 Å². The second-order valence-electron chi connectivity index (χ2n) is 6.69. The van der Waals surface area contributed by atoms with Crippen LogP contribution in [0.1, 0.15) is 28.4 Å². The third-order valence-electron chi connectivity index (χ3n) is 4.23. The van der Waals surface area contributed by atoms with E-state index in [2.05, 4.69) is 40.0 Å². The van der Waals surface area contributed by atoms with Gasteiger partial charge in [0.1, 0.15) is 0 Å². The minimum Gasteiger partial charge on any atom is -0.376 e. The summed E-state index contributed by atoms with van der Waals surface area (Å²) in [5.41, 5.74) is 2.84. The Kier molecular flexibility index (Phi) is 12.0. The third-order valence-corrected chi connectivity index (χ3v) is 4.23. The molecule has 1 unspecified atom stereocenters. The van der Waals surface area contributed by atoms with Crippen molar-refractivity contribution >= 4 is 35.8 Å². The van der Waals surface area contributed by atoms with Gasteiger partial charge in [-0.1, -0.05) is 49.4 Å². The highest BCUT2D eigenvalue weighted by Crippen LogP contribution is 2.05. The lowest BCUT2D eigenvalue weighted by Gasteiger charge is -2.16. The van der Waals surface area contributed by atoms with Crippen LogP contribution in [0.15, 0.2) is 59.6 Å². The molecule has 2 aromatic rings. The zero-order chi connectivity index (χ0) is 20.2. The fourth-order valence-corrected chi connectivity index (χ4v) is 2.66. The standard InChI is InChI=1S/C22H30N4O2.HI/c1-17(15-28-16-18-8-5-4-6-9-18)13-25-22(24-3)26-14-19-10-7-11-20(12-19)21(27)23-2;/h4-12,17H,13-16H2,1-3H3,(H,23,27)(H2,24,25,26);1H. The molecule has 1 amide bonds. The number of ether oxygens (including phenoxy) is 1. The minimum absolute atomic E-state index is 0. The molecule has 3 N–H and O–H groups in total. The van der Waals surface area contributed by atoms with Crippen molar-refractivity contribution in [3.05, 3.63) is 71.3 Å². The molecule has 2 rings (SSSR count). The molecule has 2 aromatic carbocycles. The number of aliphatic imine (C=N–C) groups is 1. The number of guanidine groups is 1. The number of rotatable bonds is 9. The number of nitrogens with one attached hydrogen (secondary N) is 3. The van der Waals surface area contributed by atoms with Crippen LogP contribution in [0.4, 0.5) is 0 Å². The topological polar surface area (TPSA) is 74.8 Å². The molecule has 0 aliphatic heterocycles. The van der Waals surface area contributed by atoms with Crippen LogP contribution >= 0.6 is 24.0 Å². The van der Waals surface area contributed by atoms with Crippen LogP contribution in [-0.2, 0) is 17.9 Å². The van der Waals surface area contributed by atoms with Crippen LogP contribution in [0.3, 0.4) is 0 Å². The average Bonchev–Trinajstić information content (AvgIpc) is 2.74. The molecule has 0 saturated heterocycles. The first-order valence-corrected chi connectivity index (χ1v) is 9.49. The van der Waals surface area contributed by atoms with Gasteiger partial charge in [0.15, 0.2) is 5.96 Å². The van der Waals surface area contributed by atoms with E-state index in [9.17, 15) is 4.79 Å². The predicted molar refractivity (Wildman–Crippen MR) is 129 cm³/mol. The molecule has 29 heavy (non-hydrogen) atoms. The highest BCUT2D eigenvalue weighted by molar-refractivity contribution is 14.0. The number of carbonyl (C=O) groups excluding carboxylic acids is 1. The highest BCUT2D eigenvalue weighted by atomic mass is 127. The van der Waals surface area contributed by atoms with Crippen LogP contribution in [0.2, 0.25) is 0 Å². The van der Waals surface area contributed by atoms with Gasteiger partial charge in [0.05, 0.1) is 13.2 Å². The number of hydrogen-bond donors (Lipinski definition) is 3. The molecule has 1 atom stereocenters. The van der Waals surface area contributed by atoms with Crippen molar-refractivity contribution in [2.45, 2.75) is 20.1 Å². The van der Waals surface area contributed by atoms with E-state index in [1.807, 2.05) is 36.4 Å². The Morgan fingerprint density at radius 3 is 2.48 bits per heavy atom. The van der Waals surface area contributed by atoms with Crippen molar-refractivity contribution in [3.8, 4) is 0 Å². The summed E-state index contributed by atoms with van der Waals surface area (Å²) in [4.78, 5) is 16.0. The zero-order valence-electron chi connectivity index (χ0n) is 17.3. The zero-order valence-corrected chi connectivity index (χ0v) is 19.6. The Morgan fingerprint density at radius 2 is 1.79 bits per heavy atom. The van der Waals surface area contributed by atoms with Gasteiger partial charge in [0.25, 0.3) is 5.91 Å². The average molecular weight is 510 g/mol. The van der Waals surface area contributed by atoms with E-state index in [1.165, 1.54) is 5.56 Å². The molecule has 0 fully saturated rings. The normalized spacial score (nSPS) is 11.9. The van der Waals surface area contributed by atoms with Gasteiger partial charge in [0, 0.05) is 32.7 Å². The SMILES string of the molecule is CN=C(NCc1cccc(C(=O)NC)c1)NCC(C)COCc1ccccc1.I. The summed E-state index contributed by atoms with van der Waals surface area (Å²) in [5, 5.41) is 9.23. The Morgan fingerprint density at radius 1 is 1.07 bits per heavy atom. The van der Waals surface area contributed by atoms with Crippen LogP contribution in [0, 0.1) is 5.92 Å². The largest absolute Gasteiger partial charge is 0.376 e. The summed E-state index contributed by atoms with van der Waals surface area (Å²) in [7, 11) is 3.37. The molecule has 0 spiro atoms. The van der Waals surface area contributed by atoms with Crippen molar-refractivity contribution in [1.29, 1.82) is 0 Å². The fourth-order valence-electron chi connectivity index (χ4n) is 2.66. The molecule has 0 aromatic heterocycles. The molecule has 0 aliphatic rings. The molecule has 0 radical (unpaired) electrons. The summed E-state index contributed by atoms with van der Waals surface area (Å²) in [6.45, 7) is 4.78. The molecular weight excluding hydrogens is 479 g/mol. The molecule has 0 saturated carbocycles. The van der Waals surface area contributed by atoms with Crippen molar-refractivity contribution in [3.63, 3.8) is 0 Å². The van der Waals surface area contributed by atoms with Crippen molar-refractivity contribution in [2.24, 2.45) is 10.9 Å². The summed E-state index contributed by atoms with van der Waals surface area (Å²) >= 11 is 0. The number of carbonyl (C=O) groups is 1. The van der Waals surface area contributed by atoms with Crippen LogP contribution < -0.4 is 16.0 Å². The van der Waals surface area contributed by atoms with Crippen LogP contribution in [0.25, 0.3) is 0 Å². The van der Waals surface area contributed by atoms with Gasteiger partial charge < -0.3 is 20.7 Å². The Labute approximate surface area is 190 Å². The smallest absolute Gasteiger partial charge is 0.251 e. The lowest BCUT2D eigenvalue weighted by Crippen LogP contribution is -2.39. The second kappa shape index (κ2) is 13.9. The Balaban J connectivity index is 0.00000420. The Hall–Kier alpha value is -2.13. The van der Waals surface area contributed by atoms with E-state index in [1.54, 1.807) is 20.2 Å². The number of halogens is 1. The highest BCUT2D eigenvalue weighted by Gasteiger charge is 2.06. The van der Waals surface area contributed by atoms with Gasteiger partial charge in [-0.25, -0.2) is 0 Å². The maximum atomic E-state index is 11.7. The lowest BCUT2D eigenvalue weighted by atomic mass is 10.1. The maximum Gasteiger partial charge on any atom is 0.251 e. The van der Waals surface area contributed by atoms with Gasteiger partial charge >= 0.3 is 0 Å². The van der Waals surface area contributed by atoms with Gasteiger partial charge in [-0.05, 0) is 29.2 Å². The fraction of sp³-hybridized carbons (Fsp3) is 0.364. The number of hydrogen-bond acceptors (Lipinski definition) is 3. The first kappa shape index (κ1) is 24.9. The summed E-state index contributed by atoms with van der Waals surface area (Å²) in [5.74, 6) is 0.979. The molecule has 0 heterocycles. The first-order valence-electron chi connectivity index (χ1n) is 9.49. The third kappa shape index (κ3) is 9.27. The number of nitrogens with zero attached hydrogens (tertiary/aromatic N) is 1. The van der Waals surface area contributed by atoms with Gasteiger partial charge in [-0.15, -0.1) is 24.0 Å². The summed E-state index contributed by atoms with van der Waals surface area (Å²) in [6, 6.07) is 17.7. The molecular formula is C22H31IN4O2. The Bertz CT molecular complexity index is 768. The van der Waals surface area contributed by atoms with Crippen molar-refractivity contribution < 1.29 is 9.53 Å². The van der Waals surface area contributed by atoms with Gasteiger partial charge in [-0.3, -0.25) is 9.79 Å². The van der Waals surface area contributed by atoms with E-state index in [0.29, 0.717) is 31.2 Å². The minimum atomic E-state index is -0.0892. The molecule has 158 valence electrons. The molecule has 0 aliphatic carbocycles. The number of amides is 1. The molecule has 6 nitrogen and oxygen atoms in total. The van der Waals surface area contributed by atoms with E-state index < -0.39 is 0 Å². The summed E-state index contributed by atoms with van der Waals surface area (Å²) < 4.78 is 5.78. The quantitative estimate of drug-likeness (QED) is 0.275. The first-order chi connectivity index (χ1) is 13.6.